The fourth-order valence-corrected chi connectivity index (χ4v) is 6.88. The van der Waals surface area contributed by atoms with Crippen LogP contribution >= 0.6 is 23.1 Å². The molecular weight excluding hydrogens is 462 g/mol. The Hall–Kier alpha value is -2.01. The highest BCUT2D eigenvalue weighted by atomic mass is 32.2. The lowest BCUT2D eigenvalue weighted by molar-refractivity contribution is 0.273. The van der Waals surface area contributed by atoms with Gasteiger partial charge in [0.05, 0.1) is 0 Å². The van der Waals surface area contributed by atoms with Crippen LogP contribution in [0.15, 0.2) is 62.9 Å². The molecule has 1 N–H and O–H groups in total. The van der Waals surface area contributed by atoms with Crippen molar-refractivity contribution >= 4 is 38.3 Å². The van der Waals surface area contributed by atoms with Gasteiger partial charge in [0.25, 0.3) is 0 Å². The Morgan fingerprint density at radius 2 is 1.88 bits per heavy atom. The number of sulfonamides is 1. The molecular formula is C22H27N5O2S3. The highest BCUT2D eigenvalue weighted by Gasteiger charge is 2.29. The Labute approximate surface area is 197 Å². The number of piperidine rings is 1. The van der Waals surface area contributed by atoms with E-state index in [1.54, 1.807) is 16.4 Å². The predicted octanol–water partition coefficient (Wildman–Crippen LogP) is 4.55. The number of hydrogen-bond acceptors (Lipinski definition) is 8. The summed E-state index contributed by atoms with van der Waals surface area (Å²) >= 11 is 2.83. The lowest BCUT2D eigenvalue weighted by Gasteiger charge is -2.31. The zero-order valence-corrected chi connectivity index (χ0v) is 20.6. The molecule has 3 heterocycles. The molecule has 32 heavy (non-hydrogen) atoms. The molecule has 7 nitrogen and oxygen atoms in total. The van der Waals surface area contributed by atoms with Crippen LogP contribution in [0.1, 0.15) is 32.3 Å². The molecule has 0 spiro atoms. The summed E-state index contributed by atoms with van der Waals surface area (Å²) in [6, 6.07) is 14.0. The maximum Gasteiger partial charge on any atom is 0.244 e. The summed E-state index contributed by atoms with van der Waals surface area (Å²) in [5, 5.41) is 12.9. The SMILES string of the molecule is CC(C)Nc1nnc(Sc2ccc(S(=O)(=O)N3CCC(Cc4ccccc4)CC3)cn2)s1. The molecule has 10 heteroatoms. The first-order chi connectivity index (χ1) is 15.4. The minimum absolute atomic E-state index is 0.239. The van der Waals surface area contributed by atoms with Crippen LogP contribution in [0.2, 0.25) is 0 Å². The molecule has 4 rings (SSSR count). The van der Waals surface area contributed by atoms with Crippen LogP contribution in [0.25, 0.3) is 0 Å². The van der Waals surface area contributed by atoms with E-state index in [9.17, 15) is 8.42 Å². The van der Waals surface area contributed by atoms with Crippen molar-refractivity contribution in [1.82, 2.24) is 19.5 Å². The predicted molar refractivity (Wildman–Crippen MR) is 129 cm³/mol. The number of nitrogens with one attached hydrogen (secondary N) is 1. The molecule has 1 aliphatic heterocycles. The van der Waals surface area contributed by atoms with Crippen molar-refractivity contribution in [3.63, 3.8) is 0 Å². The summed E-state index contributed by atoms with van der Waals surface area (Å²) in [4.78, 5) is 4.59. The number of benzene rings is 1. The summed E-state index contributed by atoms with van der Waals surface area (Å²) in [7, 11) is -3.53. The van der Waals surface area contributed by atoms with Gasteiger partial charge in [-0.25, -0.2) is 13.4 Å². The van der Waals surface area contributed by atoms with Gasteiger partial charge in [0.15, 0.2) is 4.34 Å². The van der Waals surface area contributed by atoms with Gasteiger partial charge >= 0.3 is 0 Å². The number of aromatic nitrogens is 3. The molecule has 0 unspecified atom stereocenters. The van der Waals surface area contributed by atoms with E-state index >= 15 is 0 Å². The third-order valence-corrected chi connectivity index (χ3v) is 9.04. The molecule has 1 fully saturated rings. The minimum atomic E-state index is -3.53. The highest BCUT2D eigenvalue weighted by Crippen LogP contribution is 2.32. The Balaban J connectivity index is 1.34. The lowest BCUT2D eigenvalue weighted by atomic mass is 9.91. The Kier molecular flexibility index (Phi) is 7.44. The summed E-state index contributed by atoms with van der Waals surface area (Å²) in [5.41, 5.74) is 1.31. The van der Waals surface area contributed by atoms with Crippen LogP contribution in [-0.4, -0.2) is 47.0 Å². The van der Waals surface area contributed by atoms with E-state index in [-0.39, 0.29) is 10.9 Å². The van der Waals surface area contributed by atoms with Crippen LogP contribution < -0.4 is 5.32 Å². The van der Waals surface area contributed by atoms with Gasteiger partial charge < -0.3 is 5.32 Å². The van der Waals surface area contributed by atoms with Crippen molar-refractivity contribution < 1.29 is 8.42 Å². The van der Waals surface area contributed by atoms with Crippen molar-refractivity contribution in [1.29, 1.82) is 0 Å². The summed E-state index contributed by atoms with van der Waals surface area (Å²) in [6.45, 7) is 5.18. The van der Waals surface area contributed by atoms with E-state index in [4.69, 9.17) is 0 Å². The molecule has 0 bridgehead atoms. The quantitative estimate of drug-likeness (QED) is 0.497. The van der Waals surface area contributed by atoms with Gasteiger partial charge in [-0.05, 0) is 68.5 Å². The maximum absolute atomic E-state index is 13.1. The third kappa shape index (κ3) is 5.86. The number of rotatable bonds is 8. The summed E-state index contributed by atoms with van der Waals surface area (Å²) in [5.74, 6) is 0.516. The average Bonchev–Trinajstić information content (AvgIpc) is 3.21. The minimum Gasteiger partial charge on any atom is -0.358 e. The van der Waals surface area contributed by atoms with Gasteiger partial charge in [-0.1, -0.05) is 41.7 Å². The molecule has 1 aliphatic rings. The molecule has 1 saturated heterocycles. The van der Waals surface area contributed by atoms with E-state index in [1.807, 2.05) is 19.9 Å². The fourth-order valence-electron chi connectivity index (χ4n) is 3.68. The molecule has 2 aromatic heterocycles. The van der Waals surface area contributed by atoms with Crippen molar-refractivity contribution in [3.8, 4) is 0 Å². The Bertz CT molecular complexity index is 1110. The maximum atomic E-state index is 13.1. The first-order valence-corrected chi connectivity index (χ1v) is 13.8. The molecule has 0 amide bonds. The molecule has 0 radical (unpaired) electrons. The summed E-state index contributed by atoms with van der Waals surface area (Å²) < 4.78 is 28.5. The number of anilines is 1. The largest absolute Gasteiger partial charge is 0.358 e. The molecule has 0 atom stereocenters. The van der Waals surface area contributed by atoms with E-state index < -0.39 is 10.0 Å². The van der Waals surface area contributed by atoms with Crippen molar-refractivity contribution in [2.24, 2.45) is 5.92 Å². The topological polar surface area (TPSA) is 88.1 Å². The fraction of sp³-hybridized carbons (Fsp3) is 0.409. The smallest absolute Gasteiger partial charge is 0.244 e. The van der Waals surface area contributed by atoms with E-state index in [2.05, 4.69) is 44.8 Å². The van der Waals surface area contributed by atoms with Gasteiger partial charge in [0.1, 0.15) is 9.92 Å². The second kappa shape index (κ2) is 10.3. The normalized spacial score (nSPS) is 15.8. The van der Waals surface area contributed by atoms with E-state index in [1.165, 1.54) is 34.9 Å². The van der Waals surface area contributed by atoms with Crippen LogP contribution in [0, 0.1) is 5.92 Å². The van der Waals surface area contributed by atoms with Crippen molar-refractivity contribution in [2.45, 2.75) is 53.4 Å². The Morgan fingerprint density at radius 1 is 1.12 bits per heavy atom. The van der Waals surface area contributed by atoms with Crippen molar-refractivity contribution in [3.05, 3.63) is 54.2 Å². The molecule has 170 valence electrons. The van der Waals surface area contributed by atoms with E-state index in [0.29, 0.717) is 24.0 Å². The standard InChI is InChI=1S/C22H27N5O2S3/c1-16(2)24-21-25-26-22(31-21)30-20-9-8-19(15-23-20)32(28,29)27-12-10-18(11-13-27)14-17-6-4-3-5-7-17/h3-9,15-16,18H,10-14H2,1-2H3,(H,24,25). The lowest BCUT2D eigenvalue weighted by Crippen LogP contribution is -2.38. The number of pyridine rings is 1. The Morgan fingerprint density at radius 3 is 2.53 bits per heavy atom. The van der Waals surface area contributed by atoms with Gasteiger partial charge in [0, 0.05) is 25.3 Å². The van der Waals surface area contributed by atoms with Gasteiger partial charge in [-0.2, -0.15) is 4.31 Å². The number of hydrogen-bond donors (Lipinski definition) is 1. The van der Waals surface area contributed by atoms with Gasteiger partial charge in [0.2, 0.25) is 15.2 Å². The second-order valence-electron chi connectivity index (χ2n) is 8.14. The molecule has 0 aliphatic carbocycles. The second-order valence-corrected chi connectivity index (χ2v) is 12.3. The van der Waals surface area contributed by atoms with Crippen LogP contribution in [0.4, 0.5) is 5.13 Å². The number of nitrogens with zero attached hydrogens (tertiary/aromatic N) is 4. The first-order valence-electron chi connectivity index (χ1n) is 10.7. The van der Waals surface area contributed by atoms with Gasteiger partial charge in [-0.3, -0.25) is 0 Å². The van der Waals surface area contributed by atoms with Crippen LogP contribution in [0.5, 0.6) is 0 Å². The molecule has 3 aromatic rings. The van der Waals surface area contributed by atoms with Crippen LogP contribution in [-0.2, 0) is 16.4 Å². The van der Waals surface area contributed by atoms with E-state index in [0.717, 1.165) is 28.7 Å². The monoisotopic (exact) mass is 489 g/mol. The molecule has 0 saturated carbocycles. The zero-order chi connectivity index (χ0) is 22.6. The molecule has 1 aromatic carbocycles. The highest BCUT2D eigenvalue weighted by molar-refractivity contribution is 8.01. The third-order valence-electron chi connectivity index (χ3n) is 5.30. The van der Waals surface area contributed by atoms with Crippen LogP contribution in [0.3, 0.4) is 0 Å². The zero-order valence-electron chi connectivity index (χ0n) is 18.1. The van der Waals surface area contributed by atoms with Crippen molar-refractivity contribution in [2.75, 3.05) is 18.4 Å². The summed E-state index contributed by atoms with van der Waals surface area (Å²) in [6.07, 6.45) is 4.20. The average molecular weight is 490 g/mol. The van der Waals surface area contributed by atoms with Gasteiger partial charge in [-0.15, -0.1) is 10.2 Å². The first kappa shape index (κ1) is 23.2.